The quantitative estimate of drug-likeness (QED) is 0.572. The van der Waals surface area contributed by atoms with Gasteiger partial charge < -0.3 is 14.3 Å². The molecular formula is C25H25FN2O3. The fraction of sp³-hybridized carbons (Fsp3) is 0.360. The molecule has 1 N–H and O–H groups in total. The number of ether oxygens (including phenoxy) is 1. The molecule has 0 saturated heterocycles. The fourth-order valence-electron chi connectivity index (χ4n) is 4.20. The van der Waals surface area contributed by atoms with Crippen LogP contribution in [0.4, 0.5) is 4.39 Å². The Kier molecular flexibility index (Phi) is 6.45. The van der Waals surface area contributed by atoms with Gasteiger partial charge in [-0.3, -0.25) is 0 Å². The lowest BCUT2D eigenvalue weighted by atomic mass is 9.82. The number of oxazole rings is 1. The summed E-state index contributed by atoms with van der Waals surface area (Å²) in [6, 6.07) is 15.6. The first-order valence-electron chi connectivity index (χ1n) is 10.6. The maximum absolute atomic E-state index is 13.2. The Hall–Kier alpha value is -3.01. The summed E-state index contributed by atoms with van der Waals surface area (Å²) in [5, 5.41) is 20.3. The van der Waals surface area contributed by atoms with Crippen molar-refractivity contribution in [3.8, 4) is 17.5 Å². The minimum atomic E-state index is -0.754. The zero-order valence-corrected chi connectivity index (χ0v) is 17.4. The molecule has 3 aromatic rings. The Morgan fingerprint density at radius 1 is 1.23 bits per heavy atom. The van der Waals surface area contributed by atoms with E-state index in [1.165, 1.54) is 12.1 Å². The molecule has 3 atom stereocenters. The number of benzene rings is 2. The highest BCUT2D eigenvalue weighted by Crippen LogP contribution is 2.37. The number of aromatic nitrogens is 1. The minimum absolute atomic E-state index is 0.00910. The average Bonchev–Trinajstić information content (AvgIpc) is 3.19. The molecule has 1 fully saturated rings. The molecule has 3 unspecified atom stereocenters. The molecule has 0 bridgehead atoms. The Morgan fingerprint density at radius 2 is 2.00 bits per heavy atom. The third kappa shape index (κ3) is 4.84. The van der Waals surface area contributed by atoms with Gasteiger partial charge in [-0.2, -0.15) is 5.26 Å². The van der Waals surface area contributed by atoms with Crippen molar-refractivity contribution < 1.29 is 18.7 Å². The van der Waals surface area contributed by atoms with E-state index in [2.05, 4.69) is 11.1 Å². The van der Waals surface area contributed by atoms with Crippen molar-refractivity contribution in [3.63, 3.8) is 0 Å². The van der Waals surface area contributed by atoms with E-state index in [-0.39, 0.29) is 17.8 Å². The molecule has 0 amide bonds. The normalized spacial score (nSPS) is 19.7. The molecule has 31 heavy (non-hydrogen) atoms. The van der Waals surface area contributed by atoms with Crippen molar-refractivity contribution in [3.05, 3.63) is 76.9 Å². The second-order valence-electron chi connectivity index (χ2n) is 8.04. The second kappa shape index (κ2) is 9.42. The molecule has 1 saturated carbocycles. The van der Waals surface area contributed by atoms with Gasteiger partial charge in [0.1, 0.15) is 23.4 Å². The van der Waals surface area contributed by atoms with E-state index < -0.39 is 6.10 Å². The van der Waals surface area contributed by atoms with Gasteiger partial charge in [0.25, 0.3) is 0 Å². The van der Waals surface area contributed by atoms with Gasteiger partial charge in [-0.05, 0) is 68.0 Å². The summed E-state index contributed by atoms with van der Waals surface area (Å²) in [5.74, 6) is 0.633. The zero-order valence-electron chi connectivity index (χ0n) is 17.4. The van der Waals surface area contributed by atoms with Crippen LogP contribution in [0.1, 0.15) is 54.4 Å². The van der Waals surface area contributed by atoms with Crippen LogP contribution in [0.25, 0.3) is 11.5 Å². The van der Waals surface area contributed by atoms with E-state index in [4.69, 9.17) is 9.15 Å². The van der Waals surface area contributed by atoms with E-state index >= 15 is 0 Å². The number of hydrogen-bond acceptors (Lipinski definition) is 5. The minimum Gasteiger partial charge on any atom is -0.441 e. The summed E-state index contributed by atoms with van der Waals surface area (Å²) >= 11 is 0. The standard InChI is InChI=1S/C25H25FN2O3/c1-16-23(28-25(31-16)17-9-11-21(26)12-10-17)24(29)18-7-4-8-22(13-18)30-15-20-6-3-2-5-19(20)14-27/h2-3,5-6,9-12,18,22,24,29H,4,7-8,13,15H2,1H3. The van der Waals surface area contributed by atoms with Crippen LogP contribution in [0.2, 0.25) is 0 Å². The number of nitriles is 1. The number of nitrogens with zero attached hydrogens (tertiary/aromatic N) is 2. The molecule has 1 aliphatic rings. The van der Waals surface area contributed by atoms with E-state index in [0.717, 1.165) is 24.8 Å². The first kappa shape index (κ1) is 21.2. The summed E-state index contributed by atoms with van der Waals surface area (Å²) in [5.41, 5.74) is 2.70. The van der Waals surface area contributed by atoms with Gasteiger partial charge in [-0.25, -0.2) is 9.37 Å². The number of rotatable bonds is 6. The van der Waals surface area contributed by atoms with Crippen molar-refractivity contribution >= 4 is 0 Å². The molecule has 1 heterocycles. The summed E-state index contributed by atoms with van der Waals surface area (Å²) < 4.78 is 25.0. The highest BCUT2D eigenvalue weighted by Gasteiger charge is 2.32. The zero-order chi connectivity index (χ0) is 21.8. The van der Waals surface area contributed by atoms with Gasteiger partial charge in [0.05, 0.1) is 24.3 Å². The van der Waals surface area contributed by atoms with Crippen LogP contribution in [-0.2, 0) is 11.3 Å². The Labute approximate surface area is 181 Å². The molecule has 1 aromatic heterocycles. The molecule has 6 heteroatoms. The SMILES string of the molecule is Cc1oc(-c2ccc(F)cc2)nc1C(O)C1CCCC(OCc2ccccc2C#N)C1. The van der Waals surface area contributed by atoms with E-state index in [1.54, 1.807) is 25.1 Å². The van der Waals surface area contributed by atoms with Crippen molar-refractivity contribution in [2.45, 2.75) is 51.4 Å². The maximum atomic E-state index is 13.2. The van der Waals surface area contributed by atoms with Gasteiger partial charge in [-0.1, -0.05) is 24.6 Å². The van der Waals surface area contributed by atoms with Crippen LogP contribution in [0.3, 0.4) is 0 Å². The fourth-order valence-corrected chi connectivity index (χ4v) is 4.20. The summed E-state index contributed by atoms with van der Waals surface area (Å²) in [6.07, 6.45) is 2.74. The Bertz CT molecular complexity index is 1070. The largest absolute Gasteiger partial charge is 0.441 e. The lowest BCUT2D eigenvalue weighted by Gasteiger charge is -2.31. The Balaban J connectivity index is 1.42. The highest BCUT2D eigenvalue weighted by molar-refractivity contribution is 5.53. The topological polar surface area (TPSA) is 79.3 Å². The molecule has 160 valence electrons. The van der Waals surface area contributed by atoms with Crippen LogP contribution < -0.4 is 0 Å². The lowest BCUT2D eigenvalue weighted by molar-refractivity contribution is -0.0259. The molecule has 0 spiro atoms. The molecule has 4 rings (SSSR count). The maximum Gasteiger partial charge on any atom is 0.226 e. The summed E-state index contributed by atoms with van der Waals surface area (Å²) in [6.45, 7) is 2.17. The number of aliphatic hydroxyl groups excluding tert-OH is 1. The molecule has 2 aromatic carbocycles. The van der Waals surface area contributed by atoms with Gasteiger partial charge in [-0.15, -0.1) is 0 Å². The number of aliphatic hydroxyl groups is 1. The van der Waals surface area contributed by atoms with Gasteiger partial charge in [0.15, 0.2) is 0 Å². The summed E-state index contributed by atoms with van der Waals surface area (Å²) in [7, 11) is 0. The van der Waals surface area contributed by atoms with Crippen LogP contribution in [0.15, 0.2) is 52.9 Å². The predicted molar refractivity (Wildman–Crippen MR) is 113 cm³/mol. The Morgan fingerprint density at radius 3 is 2.77 bits per heavy atom. The molecular weight excluding hydrogens is 395 g/mol. The lowest BCUT2D eigenvalue weighted by Crippen LogP contribution is -2.27. The van der Waals surface area contributed by atoms with Crippen molar-refractivity contribution in [1.29, 1.82) is 5.26 Å². The molecule has 1 aliphatic carbocycles. The molecule has 0 radical (unpaired) electrons. The number of halogens is 1. The highest BCUT2D eigenvalue weighted by atomic mass is 19.1. The van der Waals surface area contributed by atoms with Crippen molar-refractivity contribution in [2.24, 2.45) is 5.92 Å². The third-order valence-corrected chi connectivity index (χ3v) is 5.93. The van der Waals surface area contributed by atoms with Crippen molar-refractivity contribution in [1.82, 2.24) is 4.98 Å². The summed E-state index contributed by atoms with van der Waals surface area (Å²) in [4.78, 5) is 4.51. The van der Waals surface area contributed by atoms with E-state index in [9.17, 15) is 14.8 Å². The average molecular weight is 420 g/mol. The molecule has 0 aliphatic heterocycles. The smallest absolute Gasteiger partial charge is 0.226 e. The predicted octanol–water partition coefficient (Wildman–Crippen LogP) is 5.47. The van der Waals surface area contributed by atoms with Gasteiger partial charge in [0.2, 0.25) is 5.89 Å². The van der Waals surface area contributed by atoms with E-state index in [1.807, 2.05) is 18.2 Å². The van der Waals surface area contributed by atoms with E-state index in [0.29, 0.717) is 41.5 Å². The second-order valence-corrected chi connectivity index (χ2v) is 8.04. The van der Waals surface area contributed by atoms with Crippen LogP contribution in [0.5, 0.6) is 0 Å². The van der Waals surface area contributed by atoms with Crippen LogP contribution in [-0.4, -0.2) is 16.2 Å². The number of hydrogen-bond donors (Lipinski definition) is 1. The first-order chi connectivity index (χ1) is 15.0. The van der Waals surface area contributed by atoms with Crippen LogP contribution >= 0.6 is 0 Å². The molecule has 5 nitrogen and oxygen atoms in total. The first-order valence-corrected chi connectivity index (χ1v) is 10.6. The van der Waals surface area contributed by atoms with Gasteiger partial charge in [0, 0.05) is 5.56 Å². The van der Waals surface area contributed by atoms with Crippen LogP contribution in [0, 0.1) is 30.0 Å². The monoisotopic (exact) mass is 420 g/mol. The van der Waals surface area contributed by atoms with Gasteiger partial charge >= 0.3 is 0 Å². The van der Waals surface area contributed by atoms with Crippen molar-refractivity contribution in [2.75, 3.05) is 0 Å². The number of aryl methyl sites for hydroxylation is 1. The third-order valence-electron chi connectivity index (χ3n) is 5.93.